The maximum absolute atomic E-state index is 5.76. The first-order valence-corrected chi connectivity index (χ1v) is 8.83. The van der Waals surface area contributed by atoms with Crippen LogP contribution < -0.4 is 0 Å². The van der Waals surface area contributed by atoms with Gasteiger partial charge in [-0.1, -0.05) is 39.8 Å². The van der Waals surface area contributed by atoms with E-state index >= 15 is 0 Å². The molecule has 0 spiro atoms. The number of rotatable bonds is 1. The van der Waals surface area contributed by atoms with Gasteiger partial charge in [0.05, 0.1) is 17.9 Å². The number of ether oxygens (including phenoxy) is 1. The average Bonchev–Trinajstić information content (AvgIpc) is 2.47. The lowest BCUT2D eigenvalue weighted by Crippen LogP contribution is -2.47. The summed E-state index contributed by atoms with van der Waals surface area (Å²) in [6, 6.07) is 8.21. The second-order valence-corrected chi connectivity index (χ2v) is 7.25. The Kier molecular flexibility index (Phi) is 4.66. The van der Waals surface area contributed by atoms with E-state index in [9.17, 15) is 0 Å². The SMILES string of the molecule is CC1CN(C2=NN=C(c3ccc(Br)cc3)CS2)CC(C)O1. The van der Waals surface area contributed by atoms with E-state index < -0.39 is 0 Å². The molecule has 0 radical (unpaired) electrons. The largest absolute Gasteiger partial charge is 0.372 e. The summed E-state index contributed by atoms with van der Waals surface area (Å²) in [6.45, 7) is 5.99. The molecule has 0 amide bonds. The summed E-state index contributed by atoms with van der Waals surface area (Å²) >= 11 is 5.21. The van der Waals surface area contributed by atoms with Crippen LogP contribution in [0, 0.1) is 0 Å². The molecule has 21 heavy (non-hydrogen) atoms. The fourth-order valence-electron chi connectivity index (χ4n) is 2.57. The molecule has 1 fully saturated rings. The van der Waals surface area contributed by atoms with E-state index in [4.69, 9.17) is 4.74 Å². The van der Waals surface area contributed by atoms with Gasteiger partial charge in [0.15, 0.2) is 5.17 Å². The topological polar surface area (TPSA) is 37.2 Å². The van der Waals surface area contributed by atoms with Crippen molar-refractivity contribution in [2.75, 3.05) is 18.8 Å². The van der Waals surface area contributed by atoms with Gasteiger partial charge in [0.25, 0.3) is 0 Å². The van der Waals surface area contributed by atoms with Gasteiger partial charge in [-0.2, -0.15) is 5.10 Å². The number of nitrogens with zero attached hydrogens (tertiary/aromatic N) is 3. The lowest BCUT2D eigenvalue weighted by molar-refractivity contribution is -0.0472. The molecule has 4 nitrogen and oxygen atoms in total. The fourth-order valence-corrected chi connectivity index (χ4v) is 3.75. The molecule has 112 valence electrons. The van der Waals surface area contributed by atoms with Crippen LogP contribution >= 0.6 is 27.7 Å². The van der Waals surface area contributed by atoms with Crippen molar-refractivity contribution in [1.29, 1.82) is 0 Å². The van der Waals surface area contributed by atoms with Crippen LogP contribution in [0.5, 0.6) is 0 Å². The van der Waals surface area contributed by atoms with Crippen molar-refractivity contribution in [3.8, 4) is 0 Å². The summed E-state index contributed by atoms with van der Waals surface area (Å²) < 4.78 is 6.84. The smallest absolute Gasteiger partial charge is 0.186 e. The second-order valence-electron chi connectivity index (χ2n) is 5.39. The number of benzene rings is 1. The first-order valence-electron chi connectivity index (χ1n) is 7.05. The molecule has 1 aromatic carbocycles. The number of hydrogen-bond donors (Lipinski definition) is 0. The Morgan fingerprint density at radius 3 is 2.38 bits per heavy atom. The Labute approximate surface area is 137 Å². The second kappa shape index (κ2) is 6.50. The molecule has 2 atom stereocenters. The highest BCUT2D eigenvalue weighted by molar-refractivity contribution is 9.10. The molecule has 6 heteroatoms. The van der Waals surface area contributed by atoms with Gasteiger partial charge < -0.3 is 9.64 Å². The number of morpholine rings is 1. The zero-order valence-electron chi connectivity index (χ0n) is 12.1. The summed E-state index contributed by atoms with van der Waals surface area (Å²) in [7, 11) is 0. The summed E-state index contributed by atoms with van der Waals surface area (Å²) in [5, 5.41) is 9.86. The Hall–Kier alpha value is -0.850. The average molecular weight is 368 g/mol. The van der Waals surface area contributed by atoms with Crippen molar-refractivity contribution < 1.29 is 4.74 Å². The van der Waals surface area contributed by atoms with Gasteiger partial charge in [-0.3, -0.25) is 0 Å². The Morgan fingerprint density at radius 2 is 1.81 bits per heavy atom. The summed E-state index contributed by atoms with van der Waals surface area (Å²) in [5.74, 6) is 0.862. The third kappa shape index (κ3) is 3.67. The van der Waals surface area contributed by atoms with E-state index in [-0.39, 0.29) is 12.2 Å². The van der Waals surface area contributed by atoms with Gasteiger partial charge in [-0.25, -0.2) is 0 Å². The van der Waals surface area contributed by atoms with Crippen molar-refractivity contribution in [2.24, 2.45) is 10.2 Å². The van der Waals surface area contributed by atoms with Crippen LogP contribution in [0.1, 0.15) is 19.4 Å². The molecule has 2 unspecified atom stereocenters. The standard InChI is InChI=1S/C15H18BrN3OS/c1-10-7-19(8-11(2)20-10)15-18-17-14(9-21-15)12-3-5-13(16)6-4-12/h3-6,10-11H,7-9H2,1-2H3. The Morgan fingerprint density at radius 1 is 1.14 bits per heavy atom. The van der Waals surface area contributed by atoms with Crippen molar-refractivity contribution in [1.82, 2.24) is 4.90 Å². The highest BCUT2D eigenvalue weighted by Gasteiger charge is 2.26. The Bertz CT molecular complexity index is 563. The first-order chi connectivity index (χ1) is 10.1. The summed E-state index contributed by atoms with van der Waals surface area (Å²) in [5.41, 5.74) is 2.17. The number of thioether (sulfide) groups is 1. The molecule has 2 aliphatic rings. The van der Waals surface area contributed by atoms with Crippen molar-refractivity contribution in [2.45, 2.75) is 26.1 Å². The van der Waals surface area contributed by atoms with Crippen molar-refractivity contribution in [3.05, 3.63) is 34.3 Å². The number of amidine groups is 1. The summed E-state index contributed by atoms with van der Waals surface area (Å²) in [4.78, 5) is 2.28. The summed E-state index contributed by atoms with van der Waals surface area (Å²) in [6.07, 6.45) is 0.489. The van der Waals surface area contributed by atoms with Crippen LogP contribution in [-0.2, 0) is 4.74 Å². The molecular weight excluding hydrogens is 350 g/mol. The van der Waals surface area contributed by atoms with Gasteiger partial charge in [-0.15, -0.1) is 5.10 Å². The predicted molar refractivity (Wildman–Crippen MR) is 92.2 cm³/mol. The van der Waals surface area contributed by atoms with Crippen LogP contribution in [0.15, 0.2) is 38.9 Å². The van der Waals surface area contributed by atoms with Crippen molar-refractivity contribution in [3.63, 3.8) is 0 Å². The van der Waals surface area contributed by atoms with Gasteiger partial charge in [0.2, 0.25) is 0 Å². The molecule has 0 saturated carbocycles. The minimum absolute atomic E-state index is 0.244. The molecule has 0 aliphatic carbocycles. The molecule has 1 aromatic rings. The minimum Gasteiger partial charge on any atom is -0.372 e. The molecule has 0 N–H and O–H groups in total. The van der Waals surface area contributed by atoms with Gasteiger partial charge >= 0.3 is 0 Å². The van der Waals surface area contributed by atoms with E-state index in [1.807, 2.05) is 12.1 Å². The maximum atomic E-state index is 5.76. The zero-order valence-corrected chi connectivity index (χ0v) is 14.5. The van der Waals surface area contributed by atoms with Crippen LogP contribution in [0.4, 0.5) is 0 Å². The fraction of sp³-hybridized carbons (Fsp3) is 0.467. The van der Waals surface area contributed by atoms with Crippen LogP contribution in [-0.4, -0.2) is 46.8 Å². The van der Waals surface area contributed by atoms with Gasteiger partial charge in [-0.05, 0) is 31.5 Å². The Balaban J connectivity index is 1.74. The quantitative estimate of drug-likeness (QED) is 0.763. The molecular formula is C15H18BrN3OS. The van der Waals surface area contributed by atoms with E-state index in [0.717, 1.165) is 39.8 Å². The predicted octanol–water partition coefficient (Wildman–Crippen LogP) is 3.37. The third-order valence-corrected chi connectivity index (χ3v) is 5.01. The highest BCUT2D eigenvalue weighted by Crippen LogP contribution is 2.22. The van der Waals surface area contributed by atoms with Gasteiger partial charge in [0, 0.05) is 23.3 Å². The molecule has 1 saturated heterocycles. The van der Waals surface area contributed by atoms with Crippen LogP contribution in [0.3, 0.4) is 0 Å². The lowest BCUT2D eigenvalue weighted by Gasteiger charge is -2.37. The molecule has 2 heterocycles. The van der Waals surface area contributed by atoms with Crippen molar-refractivity contribution >= 4 is 38.6 Å². The van der Waals surface area contributed by atoms with E-state index in [1.54, 1.807) is 11.8 Å². The molecule has 3 rings (SSSR count). The maximum Gasteiger partial charge on any atom is 0.186 e. The lowest BCUT2D eigenvalue weighted by atomic mass is 10.1. The minimum atomic E-state index is 0.244. The van der Waals surface area contributed by atoms with E-state index in [0.29, 0.717) is 0 Å². The zero-order chi connectivity index (χ0) is 14.8. The third-order valence-electron chi connectivity index (χ3n) is 3.46. The molecule has 0 aromatic heterocycles. The first kappa shape index (κ1) is 15.1. The normalized spacial score (nSPS) is 26.3. The van der Waals surface area contributed by atoms with E-state index in [2.05, 4.69) is 57.0 Å². The van der Waals surface area contributed by atoms with Gasteiger partial charge in [0.1, 0.15) is 0 Å². The monoisotopic (exact) mass is 367 g/mol. The van der Waals surface area contributed by atoms with E-state index in [1.165, 1.54) is 0 Å². The molecule has 2 aliphatic heterocycles. The molecule has 0 bridgehead atoms. The van der Waals surface area contributed by atoms with Crippen LogP contribution in [0.2, 0.25) is 0 Å². The van der Waals surface area contributed by atoms with Crippen LogP contribution in [0.25, 0.3) is 0 Å². The number of halogens is 1. The number of hydrogen-bond acceptors (Lipinski definition) is 5. The highest BCUT2D eigenvalue weighted by atomic mass is 79.9.